The van der Waals surface area contributed by atoms with Crippen molar-refractivity contribution >= 4 is 15.7 Å². The maximum absolute atomic E-state index is 11.4. The Morgan fingerprint density at radius 2 is 1.67 bits per heavy atom. The fraction of sp³-hybridized carbons (Fsp3) is 0.571. The van der Waals surface area contributed by atoms with E-state index in [-0.39, 0.29) is 4.90 Å². The molecule has 0 fully saturated rings. The maximum Gasteiger partial charge on any atom is 0.238 e. The van der Waals surface area contributed by atoms with Crippen molar-refractivity contribution in [2.24, 2.45) is 5.14 Å². The van der Waals surface area contributed by atoms with Crippen LogP contribution < -0.4 is 10.0 Å². The quantitative estimate of drug-likeness (QED) is 0.654. The number of benzene rings is 1. The topological polar surface area (TPSA) is 104 Å². The van der Waals surface area contributed by atoms with Crippen LogP contribution in [0.5, 0.6) is 0 Å². The van der Waals surface area contributed by atoms with Gasteiger partial charge >= 0.3 is 0 Å². The molecule has 0 aromatic heterocycles. The Kier molecular flexibility index (Phi) is 6.60. The van der Waals surface area contributed by atoms with Gasteiger partial charge in [0.05, 0.1) is 17.1 Å². The minimum Gasteiger partial charge on any atom is -0.391 e. The highest BCUT2D eigenvalue weighted by Crippen LogP contribution is 2.20. The molecule has 2 atom stereocenters. The normalized spacial score (nSPS) is 14.7. The van der Waals surface area contributed by atoms with Gasteiger partial charge in [-0.05, 0) is 31.0 Å². The molecule has 1 aromatic rings. The van der Waals surface area contributed by atoms with E-state index in [1.54, 1.807) is 17.0 Å². The smallest absolute Gasteiger partial charge is 0.238 e. The lowest BCUT2D eigenvalue weighted by Crippen LogP contribution is -2.38. The molecule has 0 aliphatic rings. The second kappa shape index (κ2) is 7.74. The molecule has 0 saturated heterocycles. The summed E-state index contributed by atoms with van der Waals surface area (Å²) >= 11 is 0. The molecule has 0 saturated carbocycles. The number of hydrogen-bond donors (Lipinski definition) is 3. The third kappa shape index (κ3) is 5.62. The first kappa shape index (κ1) is 17.9. The molecule has 0 aliphatic carbocycles. The van der Waals surface area contributed by atoms with Gasteiger partial charge in [0.25, 0.3) is 0 Å². The van der Waals surface area contributed by atoms with E-state index >= 15 is 0 Å². The molecule has 0 bridgehead atoms. The van der Waals surface area contributed by atoms with Crippen LogP contribution in [0.4, 0.5) is 5.69 Å². The Labute approximate surface area is 126 Å². The Bertz CT molecular complexity index is 536. The fourth-order valence-electron chi connectivity index (χ4n) is 1.91. The van der Waals surface area contributed by atoms with Crippen molar-refractivity contribution in [1.29, 1.82) is 0 Å². The van der Waals surface area contributed by atoms with Gasteiger partial charge in [-0.2, -0.15) is 0 Å². The van der Waals surface area contributed by atoms with E-state index in [9.17, 15) is 18.6 Å². The number of hydrogen-bond acceptors (Lipinski definition) is 5. The average Bonchev–Trinajstić information content (AvgIpc) is 2.45. The minimum absolute atomic E-state index is 0.0157. The van der Waals surface area contributed by atoms with Crippen molar-refractivity contribution < 1.29 is 18.6 Å². The number of primary sulfonamides is 1. The summed E-state index contributed by atoms with van der Waals surface area (Å²) in [5, 5.41) is 24.8. The van der Waals surface area contributed by atoms with Gasteiger partial charge in [0, 0.05) is 18.8 Å². The van der Waals surface area contributed by atoms with Crippen LogP contribution in [0.3, 0.4) is 0 Å². The zero-order valence-electron chi connectivity index (χ0n) is 12.4. The van der Waals surface area contributed by atoms with Crippen molar-refractivity contribution in [3.8, 4) is 0 Å². The summed E-state index contributed by atoms with van der Waals surface area (Å²) in [5.41, 5.74) is 0.613. The van der Waals surface area contributed by atoms with Gasteiger partial charge in [0.1, 0.15) is 0 Å². The number of aliphatic hydroxyl groups excluding tert-OH is 2. The van der Waals surface area contributed by atoms with E-state index in [0.29, 0.717) is 31.6 Å². The molecule has 0 spiro atoms. The first-order valence-corrected chi connectivity index (χ1v) is 8.56. The predicted octanol–water partition coefficient (Wildman–Crippen LogP) is 0.682. The largest absolute Gasteiger partial charge is 0.391 e. The minimum atomic E-state index is -3.78. The van der Waals surface area contributed by atoms with Gasteiger partial charge in [-0.1, -0.05) is 19.9 Å². The summed E-state index contributed by atoms with van der Waals surface area (Å²) < 4.78 is 22.8. The highest BCUT2D eigenvalue weighted by Gasteiger charge is 2.17. The van der Waals surface area contributed by atoms with E-state index in [4.69, 9.17) is 5.14 Å². The fourth-order valence-corrected chi connectivity index (χ4v) is 2.46. The first-order chi connectivity index (χ1) is 9.77. The van der Waals surface area contributed by atoms with Gasteiger partial charge in [-0.25, -0.2) is 13.6 Å². The summed E-state index contributed by atoms with van der Waals surface area (Å²) in [5.74, 6) is 0. The van der Waals surface area contributed by atoms with Gasteiger partial charge < -0.3 is 15.1 Å². The number of rotatable bonds is 8. The lowest BCUT2D eigenvalue weighted by Gasteiger charge is -2.29. The van der Waals surface area contributed by atoms with Crippen molar-refractivity contribution in [1.82, 2.24) is 0 Å². The molecule has 0 amide bonds. The molecule has 6 nitrogen and oxygen atoms in total. The highest BCUT2D eigenvalue weighted by atomic mass is 32.2. The van der Waals surface area contributed by atoms with Crippen LogP contribution in [-0.4, -0.2) is 43.9 Å². The summed E-state index contributed by atoms with van der Waals surface area (Å²) in [4.78, 5) is 1.79. The third-order valence-corrected chi connectivity index (χ3v) is 4.23. The highest BCUT2D eigenvalue weighted by molar-refractivity contribution is 7.89. The molecule has 1 rings (SSSR count). The van der Waals surface area contributed by atoms with E-state index in [1.807, 2.05) is 13.8 Å². The molecular weight excluding hydrogens is 292 g/mol. The summed E-state index contributed by atoms with van der Waals surface area (Å²) in [7, 11) is -3.78. The SMILES string of the molecule is CCC(O)CN(CC(O)CC)c1cccc(S(N)(=O)=O)c1. The van der Waals surface area contributed by atoms with Gasteiger partial charge in [0.15, 0.2) is 0 Å². The lowest BCUT2D eigenvalue weighted by atomic mass is 10.2. The van der Waals surface area contributed by atoms with Crippen molar-refractivity contribution in [2.45, 2.75) is 43.8 Å². The Hall–Kier alpha value is -1.15. The molecule has 0 heterocycles. The Balaban J connectivity index is 3.07. The second-order valence-electron chi connectivity index (χ2n) is 5.07. The Morgan fingerprint density at radius 1 is 1.14 bits per heavy atom. The monoisotopic (exact) mass is 316 g/mol. The third-order valence-electron chi connectivity index (χ3n) is 3.32. The standard InChI is InChI=1S/C14H24N2O4S/c1-3-12(17)9-16(10-13(18)4-2)11-6-5-7-14(8-11)21(15,19)20/h5-8,12-13,17-18H,3-4,9-10H2,1-2H3,(H2,15,19,20). The summed E-state index contributed by atoms with van der Waals surface area (Å²) in [6.07, 6.45) is 0.0562. The zero-order valence-corrected chi connectivity index (χ0v) is 13.3. The van der Waals surface area contributed by atoms with Gasteiger partial charge in [-0.3, -0.25) is 0 Å². The average molecular weight is 316 g/mol. The predicted molar refractivity (Wildman–Crippen MR) is 82.6 cm³/mol. The molecule has 0 radical (unpaired) electrons. The molecule has 1 aromatic carbocycles. The lowest BCUT2D eigenvalue weighted by molar-refractivity contribution is 0.154. The first-order valence-electron chi connectivity index (χ1n) is 7.01. The molecule has 0 aliphatic heterocycles. The van der Waals surface area contributed by atoms with E-state index in [2.05, 4.69) is 0 Å². The summed E-state index contributed by atoms with van der Waals surface area (Å²) in [6, 6.07) is 6.21. The number of anilines is 1. The van der Waals surface area contributed by atoms with Crippen LogP contribution >= 0.6 is 0 Å². The molecule has 4 N–H and O–H groups in total. The van der Waals surface area contributed by atoms with Crippen LogP contribution in [0.2, 0.25) is 0 Å². The van der Waals surface area contributed by atoms with Crippen LogP contribution in [-0.2, 0) is 10.0 Å². The number of aliphatic hydroxyl groups is 2. The zero-order chi connectivity index (χ0) is 16.0. The van der Waals surface area contributed by atoms with Crippen LogP contribution in [0.15, 0.2) is 29.2 Å². The summed E-state index contributed by atoms with van der Waals surface area (Å²) in [6.45, 7) is 4.36. The second-order valence-corrected chi connectivity index (χ2v) is 6.63. The van der Waals surface area contributed by atoms with E-state index in [1.165, 1.54) is 12.1 Å². The van der Waals surface area contributed by atoms with Crippen LogP contribution in [0.25, 0.3) is 0 Å². The molecule has 2 unspecified atom stereocenters. The van der Waals surface area contributed by atoms with Crippen LogP contribution in [0.1, 0.15) is 26.7 Å². The van der Waals surface area contributed by atoms with Crippen molar-refractivity contribution in [3.05, 3.63) is 24.3 Å². The van der Waals surface area contributed by atoms with E-state index in [0.717, 1.165) is 0 Å². The molecule has 21 heavy (non-hydrogen) atoms. The molecule has 7 heteroatoms. The van der Waals surface area contributed by atoms with Crippen molar-refractivity contribution in [2.75, 3.05) is 18.0 Å². The van der Waals surface area contributed by atoms with Gasteiger partial charge in [-0.15, -0.1) is 0 Å². The number of nitrogens with zero attached hydrogens (tertiary/aromatic N) is 1. The van der Waals surface area contributed by atoms with Gasteiger partial charge in [0.2, 0.25) is 10.0 Å². The number of sulfonamides is 1. The van der Waals surface area contributed by atoms with Crippen molar-refractivity contribution in [3.63, 3.8) is 0 Å². The number of nitrogens with two attached hydrogens (primary N) is 1. The maximum atomic E-state index is 11.4. The molecular formula is C14H24N2O4S. The van der Waals surface area contributed by atoms with Crippen LogP contribution in [0, 0.1) is 0 Å². The molecule has 120 valence electrons. The Morgan fingerprint density at radius 3 is 2.10 bits per heavy atom. The van der Waals surface area contributed by atoms with E-state index < -0.39 is 22.2 Å².